The number of hydrogen-bond donors (Lipinski definition) is 0. The standard InChI is InChI=1S/C20H38/c1-8-9-10-11-12-13-16-14-17(19(2,3)4)15-18(16)20(5,6)7/h15-17H,8-14H2,1-7H3/t16-,17+/m0/s1. The quantitative estimate of drug-likeness (QED) is 0.362. The summed E-state index contributed by atoms with van der Waals surface area (Å²) < 4.78 is 0. The molecule has 0 bridgehead atoms. The van der Waals surface area contributed by atoms with Gasteiger partial charge in [0.15, 0.2) is 0 Å². The SMILES string of the molecule is CCCCCCC[C@H]1C[C@@H](C(C)(C)C)C=C1C(C)(C)C. The van der Waals surface area contributed by atoms with Crippen LogP contribution in [0.1, 0.15) is 93.4 Å². The fourth-order valence-corrected chi connectivity index (χ4v) is 3.59. The smallest absolute Gasteiger partial charge is 0.0170 e. The Balaban J connectivity index is 2.59. The summed E-state index contributed by atoms with van der Waals surface area (Å²) in [6.07, 6.45) is 12.5. The van der Waals surface area contributed by atoms with Crippen LogP contribution in [0, 0.1) is 22.7 Å². The molecule has 0 nitrogen and oxygen atoms in total. The van der Waals surface area contributed by atoms with Crippen LogP contribution < -0.4 is 0 Å². The van der Waals surface area contributed by atoms with E-state index in [0.29, 0.717) is 10.8 Å². The highest BCUT2D eigenvalue weighted by molar-refractivity contribution is 5.22. The van der Waals surface area contributed by atoms with Crippen molar-refractivity contribution in [3.05, 3.63) is 11.6 Å². The average molecular weight is 279 g/mol. The zero-order valence-electron chi connectivity index (χ0n) is 15.2. The van der Waals surface area contributed by atoms with Crippen molar-refractivity contribution in [2.45, 2.75) is 93.4 Å². The average Bonchev–Trinajstić information content (AvgIpc) is 2.72. The Labute approximate surface area is 128 Å². The second-order valence-electron chi connectivity index (χ2n) is 8.98. The van der Waals surface area contributed by atoms with Gasteiger partial charge in [-0.25, -0.2) is 0 Å². The molecule has 0 heteroatoms. The molecular formula is C20H38. The van der Waals surface area contributed by atoms with Gasteiger partial charge in [0.25, 0.3) is 0 Å². The molecule has 0 unspecified atom stereocenters. The van der Waals surface area contributed by atoms with Gasteiger partial charge in [-0.05, 0) is 35.5 Å². The number of hydrogen-bond acceptors (Lipinski definition) is 0. The van der Waals surface area contributed by atoms with Crippen LogP contribution >= 0.6 is 0 Å². The minimum absolute atomic E-state index is 0.355. The van der Waals surface area contributed by atoms with Crippen LogP contribution in [-0.2, 0) is 0 Å². The van der Waals surface area contributed by atoms with Crippen LogP contribution in [-0.4, -0.2) is 0 Å². The van der Waals surface area contributed by atoms with E-state index in [4.69, 9.17) is 0 Å². The predicted octanol–water partition coefficient (Wildman–Crippen LogP) is 7.00. The monoisotopic (exact) mass is 278 g/mol. The van der Waals surface area contributed by atoms with Gasteiger partial charge >= 0.3 is 0 Å². The van der Waals surface area contributed by atoms with Crippen molar-refractivity contribution in [2.75, 3.05) is 0 Å². The second-order valence-corrected chi connectivity index (χ2v) is 8.98. The van der Waals surface area contributed by atoms with Gasteiger partial charge in [0.1, 0.15) is 0 Å². The Morgan fingerprint density at radius 2 is 1.55 bits per heavy atom. The zero-order valence-corrected chi connectivity index (χ0v) is 15.2. The van der Waals surface area contributed by atoms with E-state index >= 15 is 0 Å². The van der Waals surface area contributed by atoms with E-state index in [1.807, 2.05) is 0 Å². The molecule has 0 aliphatic heterocycles. The summed E-state index contributed by atoms with van der Waals surface area (Å²) in [4.78, 5) is 0. The maximum absolute atomic E-state index is 2.64. The van der Waals surface area contributed by atoms with Crippen molar-refractivity contribution >= 4 is 0 Å². The van der Waals surface area contributed by atoms with Crippen LogP contribution in [0.3, 0.4) is 0 Å². The zero-order chi connectivity index (χ0) is 15.4. The molecule has 0 radical (unpaired) electrons. The van der Waals surface area contributed by atoms with E-state index in [1.165, 1.54) is 44.9 Å². The molecule has 1 aliphatic carbocycles. The van der Waals surface area contributed by atoms with Crippen molar-refractivity contribution in [3.8, 4) is 0 Å². The summed E-state index contributed by atoms with van der Waals surface area (Å²) in [5, 5.41) is 0. The second kappa shape index (κ2) is 7.14. The number of allylic oxidation sites excluding steroid dienone is 2. The molecule has 2 atom stereocenters. The van der Waals surface area contributed by atoms with E-state index in [0.717, 1.165) is 11.8 Å². The van der Waals surface area contributed by atoms with Gasteiger partial charge in [0, 0.05) is 0 Å². The Kier molecular flexibility index (Phi) is 6.35. The number of unbranched alkanes of at least 4 members (excludes halogenated alkanes) is 4. The summed E-state index contributed by atoms with van der Waals surface area (Å²) in [6.45, 7) is 16.7. The first-order valence-electron chi connectivity index (χ1n) is 8.88. The molecule has 0 aromatic heterocycles. The normalized spacial score (nSPS) is 24.1. The molecule has 0 N–H and O–H groups in total. The Hall–Kier alpha value is -0.260. The van der Waals surface area contributed by atoms with Crippen molar-refractivity contribution in [2.24, 2.45) is 22.7 Å². The molecule has 1 rings (SSSR count). The van der Waals surface area contributed by atoms with Gasteiger partial charge in [-0.15, -0.1) is 0 Å². The van der Waals surface area contributed by atoms with Crippen molar-refractivity contribution < 1.29 is 0 Å². The molecule has 0 saturated heterocycles. The summed E-state index contributed by atoms with van der Waals surface area (Å²) in [5.74, 6) is 1.62. The van der Waals surface area contributed by atoms with E-state index in [1.54, 1.807) is 5.57 Å². The highest BCUT2D eigenvalue weighted by Crippen LogP contribution is 2.48. The van der Waals surface area contributed by atoms with Crippen molar-refractivity contribution in [3.63, 3.8) is 0 Å². The molecule has 1 aliphatic rings. The van der Waals surface area contributed by atoms with Gasteiger partial charge < -0.3 is 0 Å². The summed E-state index contributed by atoms with van der Waals surface area (Å²) >= 11 is 0. The summed E-state index contributed by atoms with van der Waals surface area (Å²) in [7, 11) is 0. The van der Waals surface area contributed by atoms with E-state index < -0.39 is 0 Å². The van der Waals surface area contributed by atoms with E-state index in [2.05, 4.69) is 54.5 Å². The molecule has 0 spiro atoms. The third-order valence-electron chi connectivity index (χ3n) is 4.99. The lowest BCUT2D eigenvalue weighted by Crippen LogP contribution is -2.18. The van der Waals surface area contributed by atoms with Crippen LogP contribution in [0.25, 0.3) is 0 Å². The Morgan fingerprint density at radius 3 is 2.05 bits per heavy atom. The van der Waals surface area contributed by atoms with Gasteiger partial charge in [0.2, 0.25) is 0 Å². The molecule has 0 heterocycles. The maximum Gasteiger partial charge on any atom is -0.0170 e. The van der Waals surface area contributed by atoms with Crippen LogP contribution in [0.5, 0.6) is 0 Å². The van der Waals surface area contributed by atoms with Crippen LogP contribution in [0.15, 0.2) is 11.6 Å². The van der Waals surface area contributed by atoms with Gasteiger partial charge in [-0.2, -0.15) is 0 Å². The van der Waals surface area contributed by atoms with Crippen molar-refractivity contribution in [1.82, 2.24) is 0 Å². The lowest BCUT2D eigenvalue weighted by molar-refractivity contribution is 0.264. The fourth-order valence-electron chi connectivity index (χ4n) is 3.59. The summed E-state index contributed by atoms with van der Waals surface area (Å²) in [6, 6.07) is 0. The molecular weight excluding hydrogens is 240 g/mol. The highest BCUT2D eigenvalue weighted by Gasteiger charge is 2.36. The van der Waals surface area contributed by atoms with E-state index in [9.17, 15) is 0 Å². The molecule has 0 fully saturated rings. The van der Waals surface area contributed by atoms with Gasteiger partial charge in [-0.1, -0.05) is 92.2 Å². The third-order valence-corrected chi connectivity index (χ3v) is 4.99. The van der Waals surface area contributed by atoms with E-state index in [-0.39, 0.29) is 0 Å². The van der Waals surface area contributed by atoms with Crippen LogP contribution in [0.2, 0.25) is 0 Å². The topological polar surface area (TPSA) is 0 Å². The first-order chi connectivity index (χ1) is 9.16. The molecule has 0 saturated carbocycles. The maximum atomic E-state index is 2.64. The van der Waals surface area contributed by atoms with Gasteiger partial charge in [0.05, 0.1) is 0 Å². The minimum atomic E-state index is 0.355. The minimum Gasteiger partial charge on any atom is -0.0809 e. The third kappa shape index (κ3) is 5.26. The number of rotatable bonds is 6. The van der Waals surface area contributed by atoms with Crippen molar-refractivity contribution in [1.29, 1.82) is 0 Å². The largest absolute Gasteiger partial charge is 0.0809 e. The Morgan fingerprint density at radius 1 is 0.950 bits per heavy atom. The summed E-state index contributed by atoms with van der Waals surface area (Å²) in [5.41, 5.74) is 2.52. The first kappa shape index (κ1) is 17.8. The fraction of sp³-hybridized carbons (Fsp3) is 0.900. The molecule has 0 aromatic carbocycles. The first-order valence-corrected chi connectivity index (χ1v) is 8.88. The lowest BCUT2D eigenvalue weighted by Gasteiger charge is -2.28. The van der Waals surface area contributed by atoms with Crippen LogP contribution in [0.4, 0.5) is 0 Å². The highest BCUT2D eigenvalue weighted by atomic mass is 14.4. The van der Waals surface area contributed by atoms with Gasteiger partial charge in [-0.3, -0.25) is 0 Å². The molecule has 20 heavy (non-hydrogen) atoms. The Bertz CT molecular complexity index is 308. The molecule has 0 aromatic rings. The molecule has 118 valence electrons. The predicted molar refractivity (Wildman–Crippen MR) is 92.0 cm³/mol. The lowest BCUT2D eigenvalue weighted by atomic mass is 9.77. The molecule has 0 amide bonds.